The first-order chi connectivity index (χ1) is 21.3. The molecular formula is C30H41N3O8S4. The van der Waals surface area contributed by atoms with Crippen molar-refractivity contribution in [3.63, 3.8) is 0 Å². The predicted octanol–water partition coefficient (Wildman–Crippen LogP) is 4.73. The van der Waals surface area contributed by atoms with Crippen LogP contribution < -0.4 is 9.46 Å². The molecule has 0 fully saturated rings. The lowest BCUT2D eigenvalue weighted by Gasteiger charge is -2.35. The van der Waals surface area contributed by atoms with Gasteiger partial charge in [-0.25, -0.2) is 16.8 Å². The minimum absolute atomic E-state index is 0.0711. The molecule has 0 spiro atoms. The average molecular weight is 700 g/mol. The van der Waals surface area contributed by atoms with E-state index < -0.39 is 38.1 Å². The van der Waals surface area contributed by atoms with Crippen LogP contribution in [-0.2, 0) is 24.8 Å². The van der Waals surface area contributed by atoms with E-state index in [0.29, 0.717) is 18.8 Å². The number of hydrogen-bond donors (Lipinski definition) is 2. The van der Waals surface area contributed by atoms with E-state index in [0.717, 1.165) is 35.5 Å². The van der Waals surface area contributed by atoms with Gasteiger partial charge in [0.15, 0.2) is 0 Å². The van der Waals surface area contributed by atoms with Crippen LogP contribution in [0.3, 0.4) is 0 Å². The molecule has 1 amide bonds. The Kier molecular flexibility index (Phi) is 12.1. The van der Waals surface area contributed by atoms with Crippen molar-refractivity contribution in [3.8, 4) is 5.75 Å². The highest BCUT2D eigenvalue weighted by Gasteiger charge is 2.33. The Hall–Kier alpha value is -2.53. The molecule has 1 aliphatic heterocycles. The summed E-state index contributed by atoms with van der Waals surface area (Å²) >= 11 is 2.22. The summed E-state index contributed by atoms with van der Waals surface area (Å²) in [6, 6.07) is 10.4. The van der Waals surface area contributed by atoms with Crippen LogP contribution in [0, 0.1) is 5.92 Å². The summed E-state index contributed by atoms with van der Waals surface area (Å²) in [5.41, 5.74) is 0.340. The highest BCUT2D eigenvalue weighted by atomic mass is 32.3. The number of nitrogens with zero attached hydrogens (tertiary/aromatic N) is 2. The molecule has 0 aliphatic carbocycles. The summed E-state index contributed by atoms with van der Waals surface area (Å²) in [4.78, 5) is 15.8. The first kappa shape index (κ1) is 35.3. The minimum atomic E-state index is -3.87. The molecule has 15 heteroatoms. The van der Waals surface area contributed by atoms with Crippen LogP contribution >= 0.6 is 22.7 Å². The molecular weight excluding hydrogens is 659 g/mol. The van der Waals surface area contributed by atoms with Crippen LogP contribution in [0.4, 0.5) is 5.69 Å². The van der Waals surface area contributed by atoms with E-state index in [1.165, 1.54) is 28.4 Å². The minimum Gasteiger partial charge on any atom is -0.490 e. The van der Waals surface area contributed by atoms with E-state index in [9.17, 15) is 26.7 Å². The Balaban J connectivity index is 1.67. The molecule has 0 saturated heterocycles. The molecule has 1 aromatic carbocycles. The second-order valence-corrected chi connectivity index (χ2v) is 17.3. The van der Waals surface area contributed by atoms with Crippen LogP contribution in [0.25, 0.3) is 0 Å². The van der Waals surface area contributed by atoms with Crippen molar-refractivity contribution in [1.82, 2.24) is 9.21 Å². The van der Waals surface area contributed by atoms with Gasteiger partial charge < -0.3 is 19.5 Å². The number of fused-ring (bicyclic) bond motifs is 1. The number of likely N-dealkylation sites (N-methyl/N-ethyl adjacent to an activating group) is 1. The molecule has 248 valence electrons. The number of carbonyl (C=O) groups is 1. The van der Waals surface area contributed by atoms with Crippen LogP contribution in [0.1, 0.15) is 50.4 Å². The number of anilines is 1. The number of carbonyl (C=O) groups excluding carboxylic acids is 1. The Labute approximate surface area is 273 Å². The second kappa shape index (κ2) is 15.4. The normalized spacial score (nSPS) is 21.5. The maximum absolute atomic E-state index is 14.3. The fourth-order valence-electron chi connectivity index (χ4n) is 4.99. The summed E-state index contributed by atoms with van der Waals surface area (Å²) in [7, 11) is -6.08. The van der Waals surface area contributed by atoms with E-state index in [-0.39, 0.29) is 51.4 Å². The highest BCUT2D eigenvalue weighted by molar-refractivity contribution is 7.94. The fraction of sp³-hybridized carbons (Fsp3) is 0.500. The van der Waals surface area contributed by atoms with Gasteiger partial charge in [0.1, 0.15) is 14.2 Å². The summed E-state index contributed by atoms with van der Waals surface area (Å²) in [6.07, 6.45) is 1.37. The van der Waals surface area contributed by atoms with Crippen LogP contribution in [0.15, 0.2) is 61.6 Å². The van der Waals surface area contributed by atoms with E-state index >= 15 is 0 Å². The van der Waals surface area contributed by atoms with E-state index in [2.05, 4.69) is 4.72 Å². The molecule has 4 atom stereocenters. The number of amides is 1. The number of nitrogens with one attached hydrogen (secondary N) is 1. The number of aliphatic hydroxyl groups is 1. The average Bonchev–Trinajstić information content (AvgIpc) is 3.74. The van der Waals surface area contributed by atoms with E-state index in [1.807, 2.05) is 13.8 Å². The van der Waals surface area contributed by atoms with Gasteiger partial charge in [0, 0.05) is 38.3 Å². The summed E-state index contributed by atoms with van der Waals surface area (Å²) in [5, 5.41) is 13.5. The van der Waals surface area contributed by atoms with Crippen molar-refractivity contribution in [2.75, 3.05) is 38.1 Å². The topological polar surface area (TPSA) is 143 Å². The first-order valence-electron chi connectivity index (χ1n) is 14.7. The van der Waals surface area contributed by atoms with Crippen molar-refractivity contribution in [2.45, 2.75) is 66.7 Å². The van der Waals surface area contributed by atoms with Gasteiger partial charge in [0.05, 0.1) is 30.4 Å². The Morgan fingerprint density at radius 3 is 2.40 bits per heavy atom. The number of aliphatic hydroxyl groups excluding tert-OH is 1. The van der Waals surface area contributed by atoms with Crippen molar-refractivity contribution in [3.05, 3.63) is 58.8 Å². The molecule has 45 heavy (non-hydrogen) atoms. The van der Waals surface area contributed by atoms with Gasteiger partial charge in [0.2, 0.25) is 0 Å². The zero-order valence-electron chi connectivity index (χ0n) is 25.8. The standard InChI is InChI=1S/C30H41N3O8S4/c1-21-18-33(22(2)20-34)30(35)25-17-24(31-44(36,37)28-10-7-15-42-28)12-13-26(25)41-23(3)9-5-6-14-40-27(21)19-32(4)45(38,39)29-11-8-16-43-29/h7-8,10-13,15-17,21-23,27,31,34H,5-6,9,14,18-20H2,1-4H3/t21-,22+,23-,27+/m1/s1. The van der Waals surface area contributed by atoms with E-state index in [1.54, 1.807) is 48.0 Å². The number of ether oxygens (including phenoxy) is 2. The third-order valence-electron chi connectivity index (χ3n) is 7.66. The molecule has 11 nitrogen and oxygen atoms in total. The molecule has 2 aromatic heterocycles. The number of sulfonamides is 2. The Bertz CT molecular complexity index is 1610. The summed E-state index contributed by atoms with van der Waals surface area (Å²) in [6.45, 7) is 5.79. The van der Waals surface area contributed by atoms with Gasteiger partial charge in [0.25, 0.3) is 26.0 Å². The van der Waals surface area contributed by atoms with Crippen molar-refractivity contribution in [2.24, 2.45) is 5.92 Å². The smallest absolute Gasteiger partial charge is 0.271 e. The van der Waals surface area contributed by atoms with Crippen LogP contribution in [0.5, 0.6) is 5.75 Å². The largest absolute Gasteiger partial charge is 0.490 e. The monoisotopic (exact) mass is 699 g/mol. The van der Waals surface area contributed by atoms with Gasteiger partial charge in [-0.1, -0.05) is 19.1 Å². The predicted molar refractivity (Wildman–Crippen MR) is 176 cm³/mol. The molecule has 0 radical (unpaired) electrons. The molecule has 1 aliphatic rings. The highest BCUT2D eigenvalue weighted by Crippen LogP contribution is 2.30. The van der Waals surface area contributed by atoms with Gasteiger partial charge in [-0.3, -0.25) is 9.52 Å². The van der Waals surface area contributed by atoms with Gasteiger partial charge in [-0.15, -0.1) is 22.7 Å². The molecule has 3 aromatic rings. The van der Waals surface area contributed by atoms with E-state index in [4.69, 9.17) is 9.47 Å². The number of benzene rings is 1. The third kappa shape index (κ3) is 8.84. The lowest BCUT2D eigenvalue weighted by atomic mass is 10.0. The first-order valence-corrected chi connectivity index (χ1v) is 19.4. The molecule has 3 heterocycles. The summed E-state index contributed by atoms with van der Waals surface area (Å²) in [5.74, 6) is -0.491. The zero-order valence-corrected chi connectivity index (χ0v) is 29.1. The fourth-order valence-corrected chi connectivity index (χ4v) is 9.41. The van der Waals surface area contributed by atoms with Gasteiger partial charge in [-0.2, -0.15) is 4.31 Å². The molecule has 2 N–H and O–H groups in total. The van der Waals surface area contributed by atoms with Crippen molar-refractivity contribution < 1.29 is 36.2 Å². The Morgan fingerprint density at radius 2 is 1.76 bits per heavy atom. The number of hydrogen-bond acceptors (Lipinski definition) is 10. The quantitative estimate of drug-likeness (QED) is 0.327. The zero-order chi connectivity index (χ0) is 32.8. The van der Waals surface area contributed by atoms with Crippen LogP contribution in [-0.4, -0.2) is 88.7 Å². The van der Waals surface area contributed by atoms with Gasteiger partial charge >= 0.3 is 0 Å². The third-order valence-corrected chi connectivity index (χ3v) is 13.6. The lowest BCUT2D eigenvalue weighted by Crippen LogP contribution is -2.48. The number of rotatable bonds is 9. The number of thiophene rings is 2. The summed E-state index contributed by atoms with van der Waals surface area (Å²) < 4.78 is 69.0. The lowest BCUT2D eigenvalue weighted by molar-refractivity contribution is -0.00832. The molecule has 0 saturated carbocycles. The molecule has 4 rings (SSSR count). The van der Waals surface area contributed by atoms with Gasteiger partial charge in [-0.05, 0) is 74.2 Å². The van der Waals surface area contributed by atoms with Crippen molar-refractivity contribution in [1.29, 1.82) is 0 Å². The Morgan fingerprint density at radius 1 is 1.07 bits per heavy atom. The molecule has 0 unspecified atom stereocenters. The van der Waals surface area contributed by atoms with Crippen LogP contribution in [0.2, 0.25) is 0 Å². The molecule has 0 bridgehead atoms. The second-order valence-electron chi connectivity index (χ2n) is 11.3. The maximum Gasteiger partial charge on any atom is 0.271 e. The SMILES string of the molecule is C[C@@H]1CCCCO[C@@H](CN(C)S(=O)(=O)c2cccs2)[C@H](C)CN([C@@H](C)CO)C(=O)c2cc(NS(=O)(=O)c3cccs3)ccc2O1. The maximum atomic E-state index is 14.3. The van der Waals surface area contributed by atoms with Crippen molar-refractivity contribution >= 4 is 54.3 Å².